The highest BCUT2D eigenvalue weighted by molar-refractivity contribution is 5.87. The first-order chi connectivity index (χ1) is 16.1. The highest BCUT2D eigenvalue weighted by atomic mass is 16.5. The lowest BCUT2D eigenvalue weighted by Crippen LogP contribution is -2.49. The number of hydrogen-bond donors (Lipinski definition) is 0. The lowest BCUT2D eigenvalue weighted by molar-refractivity contribution is -0.157. The van der Waals surface area contributed by atoms with Crippen molar-refractivity contribution >= 4 is 22.9 Å². The van der Waals surface area contributed by atoms with Gasteiger partial charge in [0.15, 0.2) is 0 Å². The van der Waals surface area contributed by atoms with Gasteiger partial charge < -0.3 is 14.2 Å². The van der Waals surface area contributed by atoms with Crippen LogP contribution in [0.5, 0.6) is 0 Å². The molecule has 2 rings (SSSR count). The van der Waals surface area contributed by atoms with Crippen molar-refractivity contribution in [1.29, 1.82) is 0 Å². The van der Waals surface area contributed by atoms with Crippen molar-refractivity contribution in [2.24, 2.45) is 11.3 Å². The quantitative estimate of drug-likeness (QED) is 0.266. The third-order valence-corrected chi connectivity index (χ3v) is 6.55. The minimum absolute atomic E-state index is 0.0168. The number of amides is 1. The van der Waals surface area contributed by atoms with E-state index in [0.717, 1.165) is 61.9 Å². The standard InChI is InChI=1S/C27H44N4O3/c1-8-34-25(32)24(18-20(2)3)30(7)26(33)27(5,6)15-12-10-9-11-13-17-31-21(4)29-22-19-28-16-14-23(22)31/h14,16,19-20,24H,8-13,15,17-18H2,1-7H3/t24-/m0/s1. The van der Waals surface area contributed by atoms with E-state index in [2.05, 4.69) is 28.4 Å². The summed E-state index contributed by atoms with van der Waals surface area (Å²) in [6, 6.07) is 1.50. The Hall–Kier alpha value is -2.44. The zero-order valence-corrected chi connectivity index (χ0v) is 22.3. The number of carbonyl (C=O) groups excluding carboxylic acids is 2. The lowest BCUT2D eigenvalue weighted by atomic mass is 9.84. The molecule has 0 aromatic carbocycles. The summed E-state index contributed by atoms with van der Waals surface area (Å²) in [7, 11) is 1.74. The van der Waals surface area contributed by atoms with Gasteiger partial charge in [0.05, 0.1) is 18.3 Å². The van der Waals surface area contributed by atoms with Gasteiger partial charge in [-0.25, -0.2) is 9.78 Å². The summed E-state index contributed by atoms with van der Waals surface area (Å²) >= 11 is 0. The normalized spacial score (nSPS) is 12.8. The summed E-state index contributed by atoms with van der Waals surface area (Å²) in [6.07, 6.45) is 10.6. The van der Waals surface area contributed by atoms with Gasteiger partial charge in [-0.2, -0.15) is 0 Å². The SMILES string of the molecule is CCOC(=O)[C@H](CC(C)C)N(C)C(=O)C(C)(C)CCCCCCCn1c(C)nc2cnccc21. The zero-order chi connectivity index (χ0) is 25.3. The smallest absolute Gasteiger partial charge is 0.328 e. The number of pyridine rings is 1. The largest absolute Gasteiger partial charge is 0.464 e. The minimum Gasteiger partial charge on any atom is -0.464 e. The maximum absolute atomic E-state index is 13.2. The second kappa shape index (κ2) is 12.9. The molecule has 7 nitrogen and oxygen atoms in total. The van der Waals surface area contributed by atoms with Gasteiger partial charge in [-0.15, -0.1) is 0 Å². The number of rotatable bonds is 14. The number of ether oxygens (including phenoxy) is 1. The van der Waals surface area contributed by atoms with E-state index in [0.29, 0.717) is 18.9 Å². The van der Waals surface area contributed by atoms with Crippen LogP contribution in [-0.2, 0) is 20.9 Å². The van der Waals surface area contributed by atoms with Crippen LogP contribution < -0.4 is 0 Å². The second-order valence-electron chi connectivity index (χ2n) is 10.4. The van der Waals surface area contributed by atoms with Crippen LogP contribution in [0.3, 0.4) is 0 Å². The third kappa shape index (κ3) is 7.54. The molecular weight excluding hydrogens is 428 g/mol. The number of fused-ring (bicyclic) bond motifs is 1. The van der Waals surface area contributed by atoms with Crippen molar-refractivity contribution in [3.63, 3.8) is 0 Å². The first kappa shape index (κ1) is 27.8. The first-order valence-electron chi connectivity index (χ1n) is 12.8. The van der Waals surface area contributed by atoms with E-state index in [1.54, 1.807) is 18.9 Å². The van der Waals surface area contributed by atoms with E-state index >= 15 is 0 Å². The molecule has 0 saturated carbocycles. The predicted molar refractivity (Wildman–Crippen MR) is 136 cm³/mol. The molecule has 190 valence electrons. The molecule has 0 fully saturated rings. The number of imidazole rings is 1. The summed E-state index contributed by atoms with van der Waals surface area (Å²) in [5.41, 5.74) is 1.60. The summed E-state index contributed by atoms with van der Waals surface area (Å²) < 4.78 is 7.51. The van der Waals surface area contributed by atoms with E-state index in [4.69, 9.17) is 4.74 Å². The van der Waals surface area contributed by atoms with Crippen molar-refractivity contribution in [3.8, 4) is 0 Å². The van der Waals surface area contributed by atoms with E-state index in [9.17, 15) is 9.59 Å². The molecule has 0 aliphatic heterocycles. The Kier molecular flexibility index (Phi) is 10.5. The Labute approximate surface area is 205 Å². The summed E-state index contributed by atoms with van der Waals surface area (Å²) in [5.74, 6) is 1.04. The van der Waals surface area contributed by atoms with Crippen molar-refractivity contribution in [3.05, 3.63) is 24.3 Å². The Bertz CT molecular complexity index is 935. The van der Waals surface area contributed by atoms with Crippen LogP contribution >= 0.6 is 0 Å². The van der Waals surface area contributed by atoms with E-state index in [1.807, 2.05) is 39.2 Å². The Morgan fingerprint density at radius 2 is 1.82 bits per heavy atom. The summed E-state index contributed by atoms with van der Waals surface area (Å²) in [4.78, 5) is 36.1. The molecule has 1 amide bonds. The summed E-state index contributed by atoms with van der Waals surface area (Å²) in [5, 5.41) is 0. The van der Waals surface area contributed by atoms with E-state index in [-0.39, 0.29) is 11.9 Å². The third-order valence-electron chi connectivity index (χ3n) is 6.55. The van der Waals surface area contributed by atoms with Crippen LogP contribution in [0.2, 0.25) is 0 Å². The fourth-order valence-electron chi connectivity index (χ4n) is 4.57. The fourth-order valence-corrected chi connectivity index (χ4v) is 4.57. The van der Waals surface area contributed by atoms with E-state index in [1.165, 1.54) is 0 Å². The Morgan fingerprint density at radius 1 is 1.15 bits per heavy atom. The number of hydrogen-bond acceptors (Lipinski definition) is 5. The lowest BCUT2D eigenvalue weighted by Gasteiger charge is -2.34. The molecule has 0 bridgehead atoms. The van der Waals surface area contributed by atoms with Gasteiger partial charge in [-0.1, -0.05) is 53.4 Å². The molecular formula is C27H44N4O3. The van der Waals surface area contributed by atoms with Gasteiger partial charge in [0, 0.05) is 25.2 Å². The molecule has 2 heterocycles. The molecule has 7 heteroatoms. The molecule has 2 aromatic heterocycles. The average molecular weight is 473 g/mol. The van der Waals surface area contributed by atoms with Crippen molar-refractivity contribution in [1.82, 2.24) is 19.4 Å². The van der Waals surface area contributed by atoms with Crippen LogP contribution in [0.25, 0.3) is 11.0 Å². The highest BCUT2D eigenvalue weighted by Crippen LogP contribution is 2.28. The molecule has 0 aliphatic rings. The van der Waals surface area contributed by atoms with Crippen molar-refractivity contribution in [2.75, 3.05) is 13.7 Å². The Morgan fingerprint density at radius 3 is 2.50 bits per heavy atom. The minimum atomic E-state index is -0.523. The number of nitrogens with zero attached hydrogens (tertiary/aromatic N) is 4. The van der Waals surface area contributed by atoms with Gasteiger partial charge in [0.1, 0.15) is 17.4 Å². The molecule has 1 atom stereocenters. The number of likely N-dealkylation sites (N-methyl/N-ethyl adjacent to an activating group) is 1. The molecule has 34 heavy (non-hydrogen) atoms. The molecule has 0 saturated heterocycles. The number of aromatic nitrogens is 3. The van der Waals surface area contributed by atoms with E-state index < -0.39 is 11.5 Å². The van der Waals surface area contributed by atoms with Gasteiger partial charge in [-0.3, -0.25) is 9.78 Å². The number of unbranched alkanes of at least 4 members (excludes halogenated alkanes) is 4. The van der Waals surface area contributed by atoms with Crippen LogP contribution in [0.4, 0.5) is 0 Å². The second-order valence-corrected chi connectivity index (χ2v) is 10.4. The molecule has 2 aromatic rings. The van der Waals surface area contributed by atoms with Gasteiger partial charge in [-0.05, 0) is 45.1 Å². The monoisotopic (exact) mass is 472 g/mol. The van der Waals surface area contributed by atoms with Gasteiger partial charge >= 0.3 is 5.97 Å². The predicted octanol–water partition coefficient (Wildman–Crippen LogP) is 5.54. The summed E-state index contributed by atoms with van der Waals surface area (Å²) in [6.45, 7) is 13.2. The number of aryl methyl sites for hydroxylation is 2. The molecule has 0 spiro atoms. The fraction of sp³-hybridized carbons (Fsp3) is 0.704. The van der Waals surface area contributed by atoms with Crippen LogP contribution in [0.1, 0.15) is 85.4 Å². The first-order valence-corrected chi connectivity index (χ1v) is 12.8. The van der Waals surface area contributed by atoms with Crippen LogP contribution in [-0.4, -0.2) is 51.0 Å². The van der Waals surface area contributed by atoms with Gasteiger partial charge in [0.2, 0.25) is 5.91 Å². The Balaban J connectivity index is 1.77. The molecule has 0 radical (unpaired) electrons. The average Bonchev–Trinajstić information content (AvgIpc) is 3.10. The number of carbonyl (C=O) groups is 2. The van der Waals surface area contributed by atoms with Crippen LogP contribution in [0.15, 0.2) is 18.5 Å². The topological polar surface area (TPSA) is 77.3 Å². The number of esters is 1. The molecule has 0 aliphatic carbocycles. The van der Waals surface area contributed by atoms with Crippen LogP contribution in [0, 0.1) is 18.3 Å². The maximum atomic E-state index is 13.2. The zero-order valence-electron chi connectivity index (χ0n) is 22.3. The molecule has 0 unspecified atom stereocenters. The van der Waals surface area contributed by atoms with Gasteiger partial charge in [0.25, 0.3) is 0 Å². The van der Waals surface area contributed by atoms with Crippen molar-refractivity contribution in [2.45, 2.75) is 99.1 Å². The maximum Gasteiger partial charge on any atom is 0.328 e. The van der Waals surface area contributed by atoms with Crippen molar-refractivity contribution < 1.29 is 14.3 Å². The molecule has 0 N–H and O–H groups in total. The highest BCUT2D eigenvalue weighted by Gasteiger charge is 2.36.